The van der Waals surface area contributed by atoms with Gasteiger partial charge in [-0.2, -0.15) is 0 Å². The summed E-state index contributed by atoms with van der Waals surface area (Å²) in [6, 6.07) is 1.18. The van der Waals surface area contributed by atoms with E-state index in [0.717, 1.165) is 12.1 Å². The van der Waals surface area contributed by atoms with Crippen LogP contribution in [0.2, 0.25) is 5.02 Å². The Kier molecular flexibility index (Phi) is 4.46. The largest absolute Gasteiger partial charge is 0.481 e. The van der Waals surface area contributed by atoms with E-state index in [0.29, 0.717) is 12.8 Å². The smallest absolute Gasteiger partial charge is 0.306 e. The number of benzene rings is 1. The second-order valence-corrected chi connectivity index (χ2v) is 5.56. The maximum Gasteiger partial charge on any atom is 0.306 e. The lowest BCUT2D eigenvalue weighted by atomic mass is 9.91. The van der Waals surface area contributed by atoms with Gasteiger partial charge in [0.05, 0.1) is 16.5 Å². The summed E-state index contributed by atoms with van der Waals surface area (Å²) in [4.78, 5) is 24.6. The molecule has 1 aliphatic heterocycles. The van der Waals surface area contributed by atoms with Crippen LogP contribution < -0.4 is 0 Å². The second-order valence-electron chi connectivity index (χ2n) is 5.15. The number of halogens is 3. The zero-order valence-corrected chi connectivity index (χ0v) is 12.0. The molecule has 1 saturated heterocycles. The van der Waals surface area contributed by atoms with Gasteiger partial charge in [-0.3, -0.25) is 9.59 Å². The topological polar surface area (TPSA) is 57.6 Å². The molecule has 2 rings (SSSR count). The van der Waals surface area contributed by atoms with Crippen molar-refractivity contribution in [2.75, 3.05) is 6.54 Å². The predicted octanol–water partition coefficient (Wildman–Crippen LogP) is 2.94. The average Bonchev–Trinajstić information content (AvgIpc) is 2.42. The lowest BCUT2D eigenvalue weighted by Crippen LogP contribution is -2.46. The van der Waals surface area contributed by atoms with E-state index in [2.05, 4.69) is 0 Å². The van der Waals surface area contributed by atoms with Crippen molar-refractivity contribution in [1.82, 2.24) is 4.90 Å². The van der Waals surface area contributed by atoms with Crippen molar-refractivity contribution in [2.24, 2.45) is 5.92 Å². The minimum Gasteiger partial charge on any atom is -0.481 e. The van der Waals surface area contributed by atoms with Crippen molar-refractivity contribution in [3.05, 3.63) is 34.4 Å². The summed E-state index contributed by atoms with van der Waals surface area (Å²) in [6.45, 7) is 1.89. The lowest BCUT2D eigenvalue weighted by molar-refractivity contribution is -0.143. The molecule has 2 atom stereocenters. The van der Waals surface area contributed by atoms with Gasteiger partial charge in [-0.25, -0.2) is 8.78 Å². The van der Waals surface area contributed by atoms with E-state index in [4.69, 9.17) is 16.7 Å². The first-order valence-corrected chi connectivity index (χ1v) is 6.87. The van der Waals surface area contributed by atoms with E-state index < -0.39 is 35.0 Å². The number of carboxylic acid groups (broad SMARTS) is 1. The number of carboxylic acids is 1. The van der Waals surface area contributed by atoms with Crippen LogP contribution in [-0.2, 0) is 4.79 Å². The van der Waals surface area contributed by atoms with Gasteiger partial charge in [0, 0.05) is 12.6 Å². The SMILES string of the molecule is CC1CC(C(=O)O)CCN1C(=O)c1cc(F)c(Cl)cc1F. The molecule has 114 valence electrons. The minimum atomic E-state index is -0.905. The molecule has 1 N–H and O–H groups in total. The third-order valence-electron chi connectivity index (χ3n) is 3.73. The van der Waals surface area contributed by atoms with Crippen LogP contribution in [0.25, 0.3) is 0 Å². The number of aliphatic carboxylic acids is 1. The molecule has 0 radical (unpaired) electrons. The monoisotopic (exact) mass is 317 g/mol. The highest BCUT2D eigenvalue weighted by molar-refractivity contribution is 6.30. The van der Waals surface area contributed by atoms with E-state index in [1.807, 2.05) is 0 Å². The number of rotatable bonds is 2. The number of carbonyl (C=O) groups is 2. The molecule has 0 bridgehead atoms. The molecule has 21 heavy (non-hydrogen) atoms. The molecular weight excluding hydrogens is 304 g/mol. The van der Waals surface area contributed by atoms with Gasteiger partial charge in [0.1, 0.15) is 11.6 Å². The van der Waals surface area contributed by atoms with Crippen LogP contribution in [0.5, 0.6) is 0 Å². The summed E-state index contributed by atoms with van der Waals surface area (Å²) in [5.74, 6) is -3.83. The standard InChI is InChI=1S/C14H14ClF2NO3/c1-7-4-8(14(20)21)2-3-18(7)13(19)9-5-12(17)10(15)6-11(9)16/h5-8H,2-4H2,1H3,(H,20,21). The molecule has 1 aromatic carbocycles. The summed E-state index contributed by atoms with van der Waals surface area (Å²) in [5, 5.41) is 8.59. The summed E-state index contributed by atoms with van der Waals surface area (Å²) < 4.78 is 27.2. The summed E-state index contributed by atoms with van der Waals surface area (Å²) in [7, 11) is 0. The average molecular weight is 318 g/mol. The summed E-state index contributed by atoms with van der Waals surface area (Å²) in [6.07, 6.45) is 0.585. The quantitative estimate of drug-likeness (QED) is 0.853. The molecule has 0 saturated carbocycles. The highest BCUT2D eigenvalue weighted by atomic mass is 35.5. The van der Waals surface area contributed by atoms with Gasteiger partial charge >= 0.3 is 5.97 Å². The van der Waals surface area contributed by atoms with Crippen LogP contribution in [0.15, 0.2) is 12.1 Å². The van der Waals surface area contributed by atoms with Crippen LogP contribution in [-0.4, -0.2) is 34.5 Å². The normalized spacial score (nSPS) is 22.2. The number of piperidine rings is 1. The van der Waals surface area contributed by atoms with Crippen molar-refractivity contribution >= 4 is 23.5 Å². The molecule has 1 heterocycles. The van der Waals surface area contributed by atoms with Crippen molar-refractivity contribution in [2.45, 2.75) is 25.8 Å². The zero-order chi connectivity index (χ0) is 15.7. The fourth-order valence-electron chi connectivity index (χ4n) is 2.54. The Balaban J connectivity index is 2.21. The zero-order valence-electron chi connectivity index (χ0n) is 11.3. The van der Waals surface area contributed by atoms with Crippen LogP contribution in [0.1, 0.15) is 30.1 Å². The first-order valence-electron chi connectivity index (χ1n) is 6.49. The number of hydrogen-bond donors (Lipinski definition) is 1. The molecule has 1 amide bonds. The number of nitrogens with zero attached hydrogens (tertiary/aromatic N) is 1. The predicted molar refractivity (Wildman–Crippen MR) is 72.2 cm³/mol. The fourth-order valence-corrected chi connectivity index (χ4v) is 2.69. The van der Waals surface area contributed by atoms with Crippen LogP contribution in [0.4, 0.5) is 8.78 Å². The van der Waals surface area contributed by atoms with E-state index in [1.54, 1.807) is 6.92 Å². The maximum atomic E-state index is 13.8. The van der Waals surface area contributed by atoms with Gasteiger partial charge < -0.3 is 10.0 Å². The van der Waals surface area contributed by atoms with Gasteiger partial charge in [-0.15, -0.1) is 0 Å². The molecule has 1 fully saturated rings. The number of amides is 1. The van der Waals surface area contributed by atoms with Crippen molar-refractivity contribution in [3.8, 4) is 0 Å². The lowest BCUT2D eigenvalue weighted by Gasteiger charge is -2.36. The Morgan fingerprint density at radius 1 is 1.33 bits per heavy atom. The molecule has 0 aromatic heterocycles. The maximum absolute atomic E-state index is 13.8. The van der Waals surface area contributed by atoms with E-state index in [9.17, 15) is 18.4 Å². The Hall–Kier alpha value is -1.69. The fraction of sp³-hybridized carbons (Fsp3) is 0.429. The van der Waals surface area contributed by atoms with Crippen LogP contribution in [0.3, 0.4) is 0 Å². The molecule has 1 aromatic rings. The van der Waals surface area contributed by atoms with Gasteiger partial charge in [-0.05, 0) is 31.9 Å². The molecule has 7 heteroatoms. The van der Waals surface area contributed by atoms with E-state index >= 15 is 0 Å². The summed E-state index contributed by atoms with van der Waals surface area (Å²) in [5.41, 5.74) is -0.391. The Morgan fingerprint density at radius 2 is 2.00 bits per heavy atom. The Labute approximate surface area is 125 Å². The molecule has 1 aliphatic rings. The Bertz CT molecular complexity index is 594. The van der Waals surface area contributed by atoms with Crippen LogP contribution >= 0.6 is 11.6 Å². The van der Waals surface area contributed by atoms with Gasteiger partial charge in [-0.1, -0.05) is 11.6 Å². The minimum absolute atomic E-state index is 0.195. The third kappa shape index (κ3) is 3.15. The molecule has 4 nitrogen and oxygen atoms in total. The first-order chi connectivity index (χ1) is 9.81. The van der Waals surface area contributed by atoms with Crippen LogP contribution in [0, 0.1) is 17.6 Å². The molecule has 2 unspecified atom stereocenters. The van der Waals surface area contributed by atoms with Gasteiger partial charge in [0.15, 0.2) is 0 Å². The molecule has 0 aliphatic carbocycles. The number of likely N-dealkylation sites (tertiary alicyclic amines) is 1. The molecular formula is C14H14ClF2NO3. The van der Waals surface area contributed by atoms with Gasteiger partial charge in [0.25, 0.3) is 5.91 Å². The molecule has 0 spiro atoms. The third-order valence-corrected chi connectivity index (χ3v) is 4.02. The second kappa shape index (κ2) is 5.97. The van der Waals surface area contributed by atoms with Crippen molar-refractivity contribution in [3.63, 3.8) is 0 Å². The van der Waals surface area contributed by atoms with Crippen molar-refractivity contribution in [1.29, 1.82) is 0 Å². The highest BCUT2D eigenvalue weighted by Gasteiger charge is 2.33. The van der Waals surface area contributed by atoms with Crippen molar-refractivity contribution < 1.29 is 23.5 Å². The first kappa shape index (κ1) is 15.7. The Morgan fingerprint density at radius 3 is 2.57 bits per heavy atom. The van der Waals surface area contributed by atoms with Gasteiger partial charge in [0.2, 0.25) is 0 Å². The van der Waals surface area contributed by atoms with E-state index in [-0.39, 0.29) is 17.6 Å². The number of carbonyl (C=O) groups excluding carboxylic acids is 1. The highest BCUT2D eigenvalue weighted by Crippen LogP contribution is 2.26. The van der Waals surface area contributed by atoms with E-state index in [1.165, 1.54) is 4.90 Å². The summed E-state index contributed by atoms with van der Waals surface area (Å²) >= 11 is 5.45. The number of hydrogen-bond acceptors (Lipinski definition) is 2.